The van der Waals surface area contributed by atoms with Crippen LogP contribution < -0.4 is 5.32 Å². The van der Waals surface area contributed by atoms with Crippen molar-refractivity contribution in [3.63, 3.8) is 0 Å². The molecule has 0 saturated carbocycles. The Labute approximate surface area is 138 Å². The summed E-state index contributed by atoms with van der Waals surface area (Å²) in [5, 5.41) is 11.6. The number of fused-ring (bicyclic) bond motifs is 2. The highest BCUT2D eigenvalue weighted by Crippen LogP contribution is 2.29. The molecule has 2 saturated heterocycles. The minimum Gasteiger partial charge on any atom is -0.330 e. The monoisotopic (exact) mass is 327 g/mol. The van der Waals surface area contributed by atoms with Crippen molar-refractivity contribution >= 4 is 18.3 Å². The van der Waals surface area contributed by atoms with Crippen molar-refractivity contribution in [3.8, 4) is 0 Å². The van der Waals surface area contributed by atoms with Crippen LogP contribution in [-0.4, -0.2) is 51.0 Å². The molecule has 0 aliphatic carbocycles. The molecule has 2 aliphatic rings. The van der Waals surface area contributed by atoms with Crippen molar-refractivity contribution in [3.05, 3.63) is 11.9 Å². The summed E-state index contributed by atoms with van der Waals surface area (Å²) >= 11 is 0. The van der Waals surface area contributed by atoms with E-state index in [0.29, 0.717) is 23.7 Å². The highest BCUT2D eigenvalue weighted by Gasteiger charge is 2.39. The van der Waals surface area contributed by atoms with Gasteiger partial charge in [0.1, 0.15) is 0 Å². The zero-order chi connectivity index (χ0) is 14.8. The molecule has 124 valence electrons. The molecule has 22 heavy (non-hydrogen) atoms. The Morgan fingerprint density at radius 3 is 2.91 bits per heavy atom. The van der Waals surface area contributed by atoms with Crippen LogP contribution in [0, 0.1) is 5.92 Å². The van der Waals surface area contributed by atoms with Crippen LogP contribution in [-0.2, 0) is 6.54 Å². The third kappa shape index (κ3) is 3.60. The maximum atomic E-state index is 12.7. The van der Waals surface area contributed by atoms with Crippen LogP contribution in [0.25, 0.3) is 0 Å². The molecule has 3 rings (SSSR count). The van der Waals surface area contributed by atoms with E-state index in [0.717, 1.165) is 45.3 Å². The molecule has 2 bridgehead atoms. The number of amides is 1. The van der Waals surface area contributed by atoms with Gasteiger partial charge in [0.2, 0.25) is 0 Å². The molecule has 7 heteroatoms. The summed E-state index contributed by atoms with van der Waals surface area (Å²) in [5.74, 6) is 0.683. The highest BCUT2D eigenvalue weighted by atomic mass is 35.5. The van der Waals surface area contributed by atoms with Crippen LogP contribution in [0.15, 0.2) is 6.20 Å². The van der Waals surface area contributed by atoms with Crippen molar-refractivity contribution in [2.24, 2.45) is 5.92 Å². The second-order valence-electron chi connectivity index (χ2n) is 6.64. The van der Waals surface area contributed by atoms with Crippen LogP contribution in [0.2, 0.25) is 0 Å². The van der Waals surface area contributed by atoms with Gasteiger partial charge >= 0.3 is 0 Å². The lowest BCUT2D eigenvalue weighted by Gasteiger charge is -2.26. The quantitative estimate of drug-likeness (QED) is 0.914. The molecule has 1 N–H and O–H groups in total. The molecule has 2 unspecified atom stereocenters. The zero-order valence-corrected chi connectivity index (χ0v) is 14.2. The van der Waals surface area contributed by atoms with Crippen molar-refractivity contribution in [2.75, 3.05) is 13.1 Å². The lowest BCUT2D eigenvalue weighted by Crippen LogP contribution is -2.42. The van der Waals surface area contributed by atoms with Gasteiger partial charge in [-0.1, -0.05) is 19.1 Å². The molecule has 1 aromatic rings. The lowest BCUT2D eigenvalue weighted by atomic mass is 10.1. The van der Waals surface area contributed by atoms with Crippen LogP contribution >= 0.6 is 12.4 Å². The molecule has 0 aromatic carbocycles. The van der Waals surface area contributed by atoms with Crippen LogP contribution in [0.5, 0.6) is 0 Å². The summed E-state index contributed by atoms with van der Waals surface area (Å²) in [6.45, 7) is 7.11. The highest BCUT2D eigenvalue weighted by molar-refractivity contribution is 5.92. The molecule has 1 amide bonds. The molecule has 1 aromatic heterocycles. The van der Waals surface area contributed by atoms with Gasteiger partial charge in [0, 0.05) is 25.2 Å². The Morgan fingerprint density at radius 1 is 1.36 bits per heavy atom. The Morgan fingerprint density at radius 2 is 2.14 bits per heavy atom. The van der Waals surface area contributed by atoms with Gasteiger partial charge in [-0.2, -0.15) is 0 Å². The van der Waals surface area contributed by atoms with Gasteiger partial charge in [-0.25, -0.2) is 0 Å². The molecule has 6 nitrogen and oxygen atoms in total. The predicted octanol–water partition coefficient (Wildman–Crippen LogP) is 1.71. The van der Waals surface area contributed by atoms with Gasteiger partial charge in [0.15, 0.2) is 5.69 Å². The van der Waals surface area contributed by atoms with E-state index in [1.54, 1.807) is 4.68 Å². The maximum absolute atomic E-state index is 12.7. The number of hydrogen-bond donors (Lipinski definition) is 1. The Hall–Kier alpha value is -1.14. The number of carbonyl (C=O) groups is 1. The Balaban J connectivity index is 0.00000176. The van der Waals surface area contributed by atoms with Gasteiger partial charge in [-0.15, -0.1) is 17.5 Å². The Bertz CT molecular complexity index is 490. The first-order valence-electron chi connectivity index (χ1n) is 8.08. The largest absolute Gasteiger partial charge is 0.330 e. The zero-order valence-electron chi connectivity index (χ0n) is 13.4. The molecular weight excluding hydrogens is 302 g/mol. The van der Waals surface area contributed by atoms with Gasteiger partial charge in [0.05, 0.1) is 6.20 Å². The molecule has 0 radical (unpaired) electrons. The molecule has 3 heterocycles. The molecule has 2 fully saturated rings. The summed E-state index contributed by atoms with van der Waals surface area (Å²) in [7, 11) is 0. The maximum Gasteiger partial charge on any atom is 0.276 e. The van der Waals surface area contributed by atoms with Gasteiger partial charge < -0.3 is 10.2 Å². The van der Waals surface area contributed by atoms with Crippen molar-refractivity contribution in [2.45, 2.75) is 58.2 Å². The fraction of sp³-hybridized carbons (Fsp3) is 0.800. The number of aromatic nitrogens is 3. The first-order valence-corrected chi connectivity index (χ1v) is 8.08. The minimum absolute atomic E-state index is 0. The number of hydrogen-bond acceptors (Lipinski definition) is 4. The number of rotatable bonds is 4. The average molecular weight is 328 g/mol. The number of aryl methyl sites for hydroxylation is 1. The fourth-order valence-corrected chi connectivity index (χ4v) is 3.34. The number of nitrogens with zero attached hydrogens (tertiary/aromatic N) is 4. The number of nitrogens with one attached hydrogen (secondary N) is 1. The molecule has 2 aliphatic heterocycles. The summed E-state index contributed by atoms with van der Waals surface area (Å²) in [6.07, 6.45) is 6.13. The number of halogens is 1. The van der Waals surface area contributed by atoms with Crippen molar-refractivity contribution in [1.29, 1.82) is 0 Å². The summed E-state index contributed by atoms with van der Waals surface area (Å²) in [4.78, 5) is 14.8. The van der Waals surface area contributed by atoms with E-state index in [1.165, 1.54) is 0 Å². The normalized spacial score (nSPS) is 24.2. The predicted molar refractivity (Wildman–Crippen MR) is 87.2 cm³/mol. The average Bonchev–Trinajstić information content (AvgIpc) is 2.99. The van der Waals surface area contributed by atoms with Crippen LogP contribution in [0.4, 0.5) is 0 Å². The van der Waals surface area contributed by atoms with E-state index >= 15 is 0 Å². The number of carbonyl (C=O) groups excluding carboxylic acids is 1. The minimum atomic E-state index is 0. The first-order chi connectivity index (χ1) is 10.1. The van der Waals surface area contributed by atoms with Gasteiger partial charge in [-0.05, 0) is 38.1 Å². The molecular formula is C15H26ClN5O. The molecule has 0 spiro atoms. The van der Waals surface area contributed by atoms with Gasteiger partial charge in [0.25, 0.3) is 5.91 Å². The fourth-order valence-electron chi connectivity index (χ4n) is 3.34. The van der Waals surface area contributed by atoms with E-state index in [1.807, 2.05) is 6.20 Å². The van der Waals surface area contributed by atoms with E-state index in [4.69, 9.17) is 0 Å². The van der Waals surface area contributed by atoms with Gasteiger partial charge in [-0.3, -0.25) is 9.48 Å². The van der Waals surface area contributed by atoms with Crippen molar-refractivity contribution in [1.82, 2.24) is 25.2 Å². The van der Waals surface area contributed by atoms with E-state index in [-0.39, 0.29) is 18.3 Å². The van der Waals surface area contributed by atoms with E-state index in [2.05, 4.69) is 34.4 Å². The first kappa shape index (κ1) is 17.2. The standard InChI is InChI=1S/C15H25N5O.ClH/c1-11(2)6-8-19-10-14(17-18-19)15(21)20-12-3-4-13(20)9-16-7-5-12;/h10-13,16H,3-9H2,1-2H3;1H. The van der Waals surface area contributed by atoms with Crippen LogP contribution in [0.1, 0.15) is 50.0 Å². The smallest absolute Gasteiger partial charge is 0.276 e. The third-order valence-electron chi connectivity index (χ3n) is 4.58. The van der Waals surface area contributed by atoms with E-state index < -0.39 is 0 Å². The van der Waals surface area contributed by atoms with Crippen molar-refractivity contribution < 1.29 is 4.79 Å². The molecule has 2 atom stereocenters. The summed E-state index contributed by atoms with van der Waals surface area (Å²) in [6, 6.07) is 0.698. The Kier molecular flexibility index (Phi) is 5.81. The van der Waals surface area contributed by atoms with Crippen LogP contribution in [0.3, 0.4) is 0 Å². The summed E-state index contributed by atoms with van der Waals surface area (Å²) < 4.78 is 1.80. The SMILES string of the molecule is CC(C)CCn1cc(C(=O)N2C3CCNCC2CC3)nn1.Cl. The lowest BCUT2D eigenvalue weighted by molar-refractivity contribution is 0.0674. The second-order valence-corrected chi connectivity index (χ2v) is 6.64. The topological polar surface area (TPSA) is 63.1 Å². The third-order valence-corrected chi connectivity index (χ3v) is 4.58. The summed E-state index contributed by atoms with van der Waals surface area (Å²) in [5.41, 5.74) is 0.498. The second kappa shape index (κ2) is 7.42. The van der Waals surface area contributed by atoms with E-state index in [9.17, 15) is 4.79 Å².